The monoisotopic (exact) mass is 282 g/mol. The van der Waals surface area contributed by atoms with Crippen molar-refractivity contribution in [3.05, 3.63) is 29.0 Å². The van der Waals surface area contributed by atoms with Crippen molar-refractivity contribution in [2.75, 3.05) is 4.90 Å². The summed E-state index contributed by atoms with van der Waals surface area (Å²) in [5.74, 6) is -2.12. The van der Waals surface area contributed by atoms with Crippen molar-refractivity contribution in [2.45, 2.75) is 12.8 Å². The van der Waals surface area contributed by atoms with Gasteiger partial charge in [-0.2, -0.15) is 0 Å². The van der Waals surface area contributed by atoms with E-state index in [-0.39, 0.29) is 10.7 Å². The van der Waals surface area contributed by atoms with E-state index in [4.69, 9.17) is 11.6 Å². The molecule has 19 heavy (non-hydrogen) atoms. The van der Waals surface area contributed by atoms with Gasteiger partial charge in [-0.3, -0.25) is 14.9 Å². The van der Waals surface area contributed by atoms with E-state index in [1.165, 1.54) is 12.1 Å². The van der Waals surface area contributed by atoms with Gasteiger partial charge in [-0.1, -0.05) is 17.7 Å². The van der Waals surface area contributed by atoms with E-state index in [2.05, 4.69) is 5.32 Å². The molecule has 4 amide bonds. The molecule has 0 radical (unpaired) electrons. The number of rotatable bonds is 1. The van der Waals surface area contributed by atoms with Crippen molar-refractivity contribution in [1.82, 2.24) is 5.32 Å². The Bertz CT molecular complexity index is 607. The molecule has 0 atom stereocenters. The van der Waals surface area contributed by atoms with Crippen molar-refractivity contribution in [1.29, 1.82) is 0 Å². The third-order valence-corrected chi connectivity index (χ3v) is 3.69. The topological polar surface area (TPSA) is 66.5 Å². The van der Waals surface area contributed by atoms with Crippen molar-refractivity contribution >= 4 is 35.1 Å². The fraction of sp³-hybridized carbons (Fsp3) is 0.250. The molecule has 1 spiro atoms. The predicted molar refractivity (Wildman–Crippen MR) is 64.1 cm³/mol. The van der Waals surface area contributed by atoms with Crippen LogP contribution in [0.2, 0.25) is 5.02 Å². The summed E-state index contributed by atoms with van der Waals surface area (Å²) in [5.41, 5.74) is -1.54. The summed E-state index contributed by atoms with van der Waals surface area (Å²) in [5, 5.41) is 2.01. The average molecular weight is 283 g/mol. The Hall–Kier alpha value is -1.95. The number of nitrogens with one attached hydrogen (secondary N) is 1. The quantitative estimate of drug-likeness (QED) is 0.799. The molecule has 0 unspecified atom stereocenters. The van der Waals surface area contributed by atoms with Gasteiger partial charge >= 0.3 is 6.03 Å². The molecule has 0 aromatic heterocycles. The number of amides is 4. The highest BCUT2D eigenvalue weighted by Crippen LogP contribution is 2.50. The molecule has 98 valence electrons. The number of imide groups is 2. The highest BCUT2D eigenvalue weighted by molar-refractivity contribution is 6.37. The lowest BCUT2D eigenvalue weighted by molar-refractivity contribution is -0.136. The summed E-state index contributed by atoms with van der Waals surface area (Å²) in [6, 6.07) is 2.86. The molecule has 1 aromatic carbocycles. The van der Waals surface area contributed by atoms with Crippen LogP contribution in [-0.4, -0.2) is 17.8 Å². The lowest BCUT2D eigenvalue weighted by Crippen LogP contribution is -2.59. The van der Waals surface area contributed by atoms with Gasteiger partial charge in [-0.15, -0.1) is 0 Å². The Morgan fingerprint density at radius 1 is 1.26 bits per heavy atom. The number of benzene rings is 1. The molecular formula is C12H8ClFN2O3. The SMILES string of the molecule is O=C1NC(=O)C2(CC2)C(=O)N1c1c(F)cccc1Cl. The summed E-state index contributed by atoms with van der Waals surface area (Å²) < 4.78 is 13.8. The first-order chi connectivity index (χ1) is 8.97. The van der Waals surface area contributed by atoms with E-state index < -0.39 is 29.1 Å². The van der Waals surface area contributed by atoms with Gasteiger partial charge < -0.3 is 0 Å². The van der Waals surface area contributed by atoms with Crippen LogP contribution in [0.15, 0.2) is 18.2 Å². The van der Waals surface area contributed by atoms with E-state index in [0.717, 1.165) is 6.07 Å². The van der Waals surface area contributed by atoms with Gasteiger partial charge in [-0.25, -0.2) is 14.1 Å². The van der Waals surface area contributed by atoms with Gasteiger partial charge in [0.05, 0.1) is 5.02 Å². The fourth-order valence-corrected chi connectivity index (χ4v) is 2.40. The first-order valence-electron chi connectivity index (χ1n) is 5.61. The maximum atomic E-state index is 13.8. The molecule has 2 fully saturated rings. The van der Waals surface area contributed by atoms with Crippen LogP contribution >= 0.6 is 11.6 Å². The van der Waals surface area contributed by atoms with Crippen LogP contribution in [0.1, 0.15) is 12.8 Å². The maximum absolute atomic E-state index is 13.8. The summed E-state index contributed by atoms with van der Waals surface area (Å²) in [7, 11) is 0. The summed E-state index contributed by atoms with van der Waals surface area (Å²) in [6.45, 7) is 0. The van der Waals surface area contributed by atoms with Crippen LogP contribution in [0, 0.1) is 11.2 Å². The van der Waals surface area contributed by atoms with E-state index in [1.807, 2.05) is 0 Å². The van der Waals surface area contributed by atoms with Gasteiger partial charge in [0.1, 0.15) is 16.9 Å². The van der Waals surface area contributed by atoms with Crippen LogP contribution in [0.3, 0.4) is 0 Å². The number of barbiturate groups is 1. The second-order valence-corrected chi connectivity index (χ2v) is 4.96. The van der Waals surface area contributed by atoms with Crippen molar-refractivity contribution in [3.8, 4) is 0 Å². The number of hydrogen-bond acceptors (Lipinski definition) is 3. The zero-order valence-electron chi connectivity index (χ0n) is 9.57. The van der Waals surface area contributed by atoms with Gasteiger partial charge in [0.2, 0.25) is 5.91 Å². The molecule has 1 heterocycles. The smallest absolute Gasteiger partial charge is 0.276 e. The van der Waals surface area contributed by atoms with Crippen LogP contribution in [-0.2, 0) is 9.59 Å². The Balaban J connectivity index is 2.12. The minimum Gasteiger partial charge on any atom is -0.276 e. The average Bonchev–Trinajstić information content (AvgIpc) is 3.12. The van der Waals surface area contributed by atoms with E-state index in [0.29, 0.717) is 17.7 Å². The number of nitrogens with zero attached hydrogens (tertiary/aromatic N) is 1. The largest absolute Gasteiger partial charge is 0.335 e. The van der Waals surface area contributed by atoms with E-state index >= 15 is 0 Å². The molecule has 2 aliphatic rings. The van der Waals surface area contributed by atoms with Crippen LogP contribution in [0.25, 0.3) is 0 Å². The highest BCUT2D eigenvalue weighted by Gasteiger charge is 2.62. The van der Waals surface area contributed by atoms with Crippen molar-refractivity contribution < 1.29 is 18.8 Å². The Kier molecular flexibility index (Phi) is 2.40. The maximum Gasteiger partial charge on any atom is 0.335 e. The number of carbonyl (C=O) groups excluding carboxylic acids is 3. The second kappa shape index (κ2) is 3.77. The van der Waals surface area contributed by atoms with Gasteiger partial charge in [-0.05, 0) is 25.0 Å². The molecule has 1 aromatic rings. The molecule has 5 nitrogen and oxygen atoms in total. The van der Waals surface area contributed by atoms with E-state index in [9.17, 15) is 18.8 Å². The number of anilines is 1. The lowest BCUT2D eigenvalue weighted by Gasteiger charge is -2.30. The van der Waals surface area contributed by atoms with Crippen LogP contribution in [0.4, 0.5) is 14.9 Å². The summed E-state index contributed by atoms with van der Waals surface area (Å²) in [4.78, 5) is 36.3. The molecule has 1 saturated heterocycles. The molecule has 1 aliphatic heterocycles. The zero-order chi connectivity index (χ0) is 13.8. The lowest BCUT2D eigenvalue weighted by atomic mass is 10.0. The molecule has 7 heteroatoms. The van der Waals surface area contributed by atoms with Gasteiger partial charge in [0.25, 0.3) is 5.91 Å². The number of halogens is 2. The number of carbonyl (C=O) groups is 3. The van der Waals surface area contributed by atoms with Crippen LogP contribution < -0.4 is 10.2 Å². The minimum absolute atomic E-state index is 0.0614. The Morgan fingerprint density at radius 2 is 1.95 bits per heavy atom. The number of urea groups is 1. The van der Waals surface area contributed by atoms with E-state index in [1.54, 1.807) is 0 Å². The fourth-order valence-electron chi connectivity index (χ4n) is 2.15. The molecular weight excluding hydrogens is 275 g/mol. The van der Waals surface area contributed by atoms with Crippen molar-refractivity contribution in [3.63, 3.8) is 0 Å². The third-order valence-electron chi connectivity index (χ3n) is 3.38. The molecule has 1 saturated carbocycles. The zero-order valence-corrected chi connectivity index (χ0v) is 10.3. The third kappa shape index (κ3) is 1.56. The molecule has 3 rings (SSSR count). The molecule has 0 bridgehead atoms. The Morgan fingerprint density at radius 3 is 2.53 bits per heavy atom. The molecule has 1 N–H and O–H groups in total. The first-order valence-corrected chi connectivity index (χ1v) is 5.99. The minimum atomic E-state index is -1.22. The first kappa shape index (κ1) is 12.1. The van der Waals surface area contributed by atoms with Gasteiger partial charge in [0, 0.05) is 0 Å². The highest BCUT2D eigenvalue weighted by atomic mass is 35.5. The van der Waals surface area contributed by atoms with Crippen molar-refractivity contribution in [2.24, 2.45) is 5.41 Å². The normalized spacial score (nSPS) is 20.7. The van der Waals surface area contributed by atoms with Crippen LogP contribution in [0.5, 0.6) is 0 Å². The number of para-hydroxylation sites is 1. The van der Waals surface area contributed by atoms with Gasteiger partial charge in [0.15, 0.2) is 0 Å². The second-order valence-electron chi connectivity index (χ2n) is 4.55. The summed E-state index contributed by atoms with van der Waals surface area (Å²) in [6.07, 6.45) is 0.709. The predicted octanol–water partition coefficient (Wildman–Crippen LogP) is 1.84. The summed E-state index contributed by atoms with van der Waals surface area (Å²) >= 11 is 5.84. The molecule has 1 aliphatic carbocycles. The standard InChI is InChI=1S/C12H8ClFN2O3/c13-6-2-1-3-7(14)8(6)16-10(18)12(4-5-12)9(17)15-11(16)19/h1-3H,4-5H2,(H,15,17,19). The number of hydrogen-bond donors (Lipinski definition) is 1. The Labute approximate surface area is 112 Å².